The Hall–Kier alpha value is -1.21. The fourth-order valence-corrected chi connectivity index (χ4v) is 3.30. The van der Waals surface area contributed by atoms with Gasteiger partial charge in [0.15, 0.2) is 0 Å². The first-order chi connectivity index (χ1) is 8.40. The van der Waals surface area contributed by atoms with E-state index in [9.17, 15) is 0 Å². The molecule has 1 heteroatoms. The number of rotatable bonds is 1. The third kappa shape index (κ3) is 2.32. The highest BCUT2D eigenvalue weighted by Crippen LogP contribution is 2.34. The van der Waals surface area contributed by atoms with Gasteiger partial charge < -0.3 is 0 Å². The maximum absolute atomic E-state index is 4.45. The van der Waals surface area contributed by atoms with Crippen LogP contribution in [0.4, 0.5) is 0 Å². The monoisotopic (exact) mass is 256 g/mol. The first-order valence-electron chi connectivity index (χ1n) is 6.28. The van der Waals surface area contributed by atoms with Gasteiger partial charge in [0.05, 0.1) is 0 Å². The molecular formula is C17H20S. The molecule has 2 aromatic rings. The highest BCUT2D eigenvalue weighted by atomic mass is 32.1. The second-order valence-electron chi connectivity index (χ2n) is 5.23. The van der Waals surface area contributed by atoms with Crippen molar-refractivity contribution in [3.05, 3.63) is 52.1 Å². The Morgan fingerprint density at radius 1 is 0.611 bits per heavy atom. The zero-order chi connectivity index (χ0) is 13.4. The summed E-state index contributed by atoms with van der Waals surface area (Å²) in [6, 6.07) is 8.81. The van der Waals surface area contributed by atoms with Gasteiger partial charge in [-0.25, -0.2) is 0 Å². The van der Waals surface area contributed by atoms with Crippen molar-refractivity contribution in [1.29, 1.82) is 0 Å². The average molecular weight is 256 g/mol. The first kappa shape index (κ1) is 13.2. The van der Waals surface area contributed by atoms with E-state index < -0.39 is 0 Å². The minimum atomic E-state index is 1.04. The summed E-state index contributed by atoms with van der Waals surface area (Å²) in [5.41, 5.74) is 9.38. The molecule has 94 valence electrons. The predicted molar refractivity (Wildman–Crippen MR) is 82.8 cm³/mol. The molecule has 0 aliphatic rings. The van der Waals surface area contributed by atoms with E-state index in [1.165, 1.54) is 38.9 Å². The van der Waals surface area contributed by atoms with Gasteiger partial charge in [-0.15, -0.1) is 12.6 Å². The van der Waals surface area contributed by atoms with E-state index in [2.05, 4.69) is 71.5 Å². The summed E-state index contributed by atoms with van der Waals surface area (Å²) < 4.78 is 0. The van der Waals surface area contributed by atoms with Crippen LogP contribution in [0.2, 0.25) is 0 Å². The topological polar surface area (TPSA) is 0 Å². The van der Waals surface area contributed by atoms with Crippen molar-refractivity contribution in [2.45, 2.75) is 39.5 Å². The molecule has 0 aliphatic heterocycles. The molecule has 0 atom stereocenters. The molecule has 2 rings (SSSR count). The van der Waals surface area contributed by atoms with Crippen LogP contribution in [0.3, 0.4) is 0 Å². The van der Waals surface area contributed by atoms with Crippen molar-refractivity contribution in [3.8, 4) is 11.1 Å². The summed E-state index contributed by atoms with van der Waals surface area (Å²) in [6.45, 7) is 10.9. The smallest absolute Gasteiger partial charge is 0.00456 e. The maximum Gasteiger partial charge on any atom is 0.00456 e. The van der Waals surface area contributed by atoms with E-state index in [1.807, 2.05) is 0 Å². The Morgan fingerprint density at radius 3 is 1.33 bits per heavy atom. The molecule has 18 heavy (non-hydrogen) atoms. The summed E-state index contributed by atoms with van der Waals surface area (Å²) in [4.78, 5) is 1.04. The van der Waals surface area contributed by atoms with Gasteiger partial charge >= 0.3 is 0 Å². The lowest BCUT2D eigenvalue weighted by Crippen LogP contribution is -1.95. The van der Waals surface area contributed by atoms with Crippen molar-refractivity contribution in [1.82, 2.24) is 0 Å². The highest BCUT2D eigenvalue weighted by molar-refractivity contribution is 7.80. The zero-order valence-electron chi connectivity index (χ0n) is 11.8. The molecule has 0 fully saturated rings. The predicted octanol–water partition coefficient (Wildman–Crippen LogP) is 5.18. The molecule has 0 heterocycles. The molecular weight excluding hydrogens is 236 g/mol. The SMILES string of the molecule is Cc1cc(C)c(-c2c(C)cc(S)cc2C)c(C)c1. The molecule has 0 spiro atoms. The van der Waals surface area contributed by atoms with Gasteiger partial charge in [-0.05, 0) is 80.1 Å². The van der Waals surface area contributed by atoms with Crippen molar-refractivity contribution in [2.75, 3.05) is 0 Å². The van der Waals surface area contributed by atoms with Crippen LogP contribution in [-0.2, 0) is 0 Å². The average Bonchev–Trinajstić information content (AvgIpc) is 2.20. The van der Waals surface area contributed by atoms with E-state index in [1.54, 1.807) is 0 Å². The van der Waals surface area contributed by atoms with Crippen molar-refractivity contribution in [2.24, 2.45) is 0 Å². The number of hydrogen-bond acceptors (Lipinski definition) is 1. The Kier molecular flexibility index (Phi) is 3.54. The van der Waals surface area contributed by atoms with Crippen LogP contribution in [-0.4, -0.2) is 0 Å². The second kappa shape index (κ2) is 4.81. The molecule has 0 saturated heterocycles. The largest absolute Gasteiger partial charge is 0.143 e. The van der Waals surface area contributed by atoms with Gasteiger partial charge in [-0.2, -0.15) is 0 Å². The fraction of sp³-hybridized carbons (Fsp3) is 0.294. The van der Waals surface area contributed by atoms with E-state index >= 15 is 0 Å². The van der Waals surface area contributed by atoms with Crippen LogP contribution in [0.15, 0.2) is 29.2 Å². The van der Waals surface area contributed by atoms with Crippen molar-refractivity contribution >= 4 is 12.6 Å². The van der Waals surface area contributed by atoms with Crippen LogP contribution in [0.5, 0.6) is 0 Å². The molecule has 0 saturated carbocycles. The quantitative estimate of drug-likeness (QED) is 0.667. The standard InChI is InChI=1S/C17H20S/c1-10-6-11(2)16(12(3)7-10)17-13(4)8-15(18)9-14(17)5/h6-9,18H,1-5H3. The van der Waals surface area contributed by atoms with Crippen LogP contribution in [0.1, 0.15) is 27.8 Å². The molecule has 0 aliphatic carbocycles. The van der Waals surface area contributed by atoms with Crippen LogP contribution >= 0.6 is 12.6 Å². The van der Waals surface area contributed by atoms with Gasteiger partial charge in [0.2, 0.25) is 0 Å². The third-order valence-electron chi connectivity index (χ3n) is 3.44. The number of thiol groups is 1. The normalized spacial score (nSPS) is 10.8. The zero-order valence-corrected chi connectivity index (χ0v) is 12.7. The summed E-state index contributed by atoms with van der Waals surface area (Å²) in [5.74, 6) is 0. The maximum atomic E-state index is 4.45. The lowest BCUT2D eigenvalue weighted by molar-refractivity contribution is 1.26. The van der Waals surface area contributed by atoms with E-state index in [0.29, 0.717) is 0 Å². The number of aryl methyl sites for hydroxylation is 5. The van der Waals surface area contributed by atoms with Gasteiger partial charge in [-0.1, -0.05) is 17.7 Å². The molecule has 0 nitrogen and oxygen atoms in total. The first-order valence-corrected chi connectivity index (χ1v) is 6.73. The Balaban J connectivity index is 2.78. The summed E-state index contributed by atoms with van der Waals surface area (Å²) in [5, 5.41) is 0. The lowest BCUT2D eigenvalue weighted by Gasteiger charge is -2.17. The Morgan fingerprint density at radius 2 is 0.944 bits per heavy atom. The highest BCUT2D eigenvalue weighted by Gasteiger charge is 2.12. The molecule has 0 unspecified atom stereocenters. The number of hydrogen-bond donors (Lipinski definition) is 1. The van der Waals surface area contributed by atoms with Crippen LogP contribution < -0.4 is 0 Å². The Labute approximate surface area is 115 Å². The van der Waals surface area contributed by atoms with Gasteiger partial charge in [-0.3, -0.25) is 0 Å². The summed E-state index contributed by atoms with van der Waals surface area (Å²) in [6.07, 6.45) is 0. The summed E-state index contributed by atoms with van der Waals surface area (Å²) >= 11 is 4.45. The van der Waals surface area contributed by atoms with Crippen LogP contribution in [0, 0.1) is 34.6 Å². The summed E-state index contributed by atoms with van der Waals surface area (Å²) in [7, 11) is 0. The van der Waals surface area contributed by atoms with Gasteiger partial charge in [0.25, 0.3) is 0 Å². The fourth-order valence-electron chi connectivity index (χ4n) is 2.91. The van der Waals surface area contributed by atoms with E-state index in [0.717, 1.165) is 4.90 Å². The minimum absolute atomic E-state index is 1.04. The number of benzene rings is 2. The van der Waals surface area contributed by atoms with E-state index in [-0.39, 0.29) is 0 Å². The molecule has 2 aromatic carbocycles. The molecule has 0 bridgehead atoms. The third-order valence-corrected chi connectivity index (χ3v) is 3.70. The second-order valence-corrected chi connectivity index (χ2v) is 5.74. The van der Waals surface area contributed by atoms with Gasteiger partial charge in [0.1, 0.15) is 0 Å². The lowest BCUT2D eigenvalue weighted by atomic mass is 9.88. The minimum Gasteiger partial charge on any atom is -0.143 e. The molecule has 0 amide bonds. The molecule has 0 aromatic heterocycles. The van der Waals surface area contributed by atoms with Gasteiger partial charge in [0, 0.05) is 4.90 Å². The molecule has 0 radical (unpaired) electrons. The molecule has 0 N–H and O–H groups in total. The van der Waals surface area contributed by atoms with Crippen molar-refractivity contribution < 1.29 is 0 Å². The van der Waals surface area contributed by atoms with Crippen molar-refractivity contribution in [3.63, 3.8) is 0 Å². The van der Waals surface area contributed by atoms with Crippen LogP contribution in [0.25, 0.3) is 11.1 Å². The Bertz CT molecular complexity index is 507. The van der Waals surface area contributed by atoms with E-state index in [4.69, 9.17) is 0 Å².